The Labute approximate surface area is 204 Å². The van der Waals surface area contributed by atoms with Gasteiger partial charge in [-0.05, 0) is 23.5 Å². The first kappa shape index (κ1) is 28.0. The number of carboxylic acid groups (broad SMARTS) is 1. The molecule has 0 radical (unpaired) electrons. The van der Waals surface area contributed by atoms with Crippen LogP contribution in [0.15, 0.2) is 60.7 Å². The van der Waals surface area contributed by atoms with Gasteiger partial charge >= 0.3 is 12.1 Å². The molecular weight excluding hydrogens is 473 g/mol. The van der Waals surface area contributed by atoms with Gasteiger partial charge in [0.2, 0.25) is 5.91 Å². The predicted octanol–water partition coefficient (Wildman–Crippen LogP) is 2.87. The highest BCUT2D eigenvalue weighted by molar-refractivity contribution is 7.55. The molecule has 0 aliphatic carbocycles. The van der Waals surface area contributed by atoms with E-state index in [4.69, 9.17) is 4.74 Å². The van der Waals surface area contributed by atoms with Crippen LogP contribution >= 0.6 is 7.52 Å². The van der Waals surface area contributed by atoms with Crippen molar-refractivity contribution in [3.05, 3.63) is 71.8 Å². The van der Waals surface area contributed by atoms with Crippen LogP contribution in [0.4, 0.5) is 4.79 Å². The Morgan fingerprint density at radius 2 is 1.51 bits per heavy atom. The third kappa shape index (κ3) is 10.7. The van der Waals surface area contributed by atoms with E-state index >= 15 is 0 Å². The zero-order valence-electron chi connectivity index (χ0n) is 19.7. The predicted molar refractivity (Wildman–Crippen MR) is 131 cm³/mol. The van der Waals surface area contributed by atoms with Crippen LogP contribution in [0.5, 0.6) is 0 Å². The van der Waals surface area contributed by atoms with Crippen molar-refractivity contribution in [1.82, 2.24) is 15.7 Å². The van der Waals surface area contributed by atoms with E-state index in [1.807, 2.05) is 19.9 Å². The standard InChI is InChI=1S/C24H32N3O7P/c1-17(2)13-20(22(28)26-21(23(29)30)14-18-9-5-3-6-10-18)27-35(32,33)16-25-24(31)34-15-19-11-7-4-8-12-19/h3-12,17,20-21H,13-16H2,1-2H3,(H,25,31)(H,26,28)(H,29,30)(H2,27,32,33)/t20-,21-/m0/s1. The van der Waals surface area contributed by atoms with E-state index in [0.717, 1.165) is 11.1 Å². The molecule has 1 unspecified atom stereocenters. The third-order valence-corrected chi connectivity index (χ3v) is 6.23. The molecular formula is C24H32N3O7P. The third-order valence-electron chi connectivity index (χ3n) is 4.93. The number of aliphatic carboxylic acids is 1. The summed E-state index contributed by atoms with van der Waals surface area (Å²) in [5.74, 6) is -1.98. The second kappa shape index (κ2) is 13.6. The maximum Gasteiger partial charge on any atom is 0.407 e. The number of hydrogen-bond donors (Lipinski definition) is 5. The highest BCUT2D eigenvalue weighted by Gasteiger charge is 2.31. The zero-order chi connectivity index (χ0) is 25.8. The topological polar surface area (TPSA) is 154 Å². The van der Waals surface area contributed by atoms with Crippen LogP contribution in [0, 0.1) is 5.92 Å². The van der Waals surface area contributed by atoms with E-state index in [9.17, 15) is 28.9 Å². The number of nitrogens with one attached hydrogen (secondary N) is 3. The SMILES string of the molecule is CC(C)C[C@H](NP(=O)(O)CNC(=O)OCc1ccccc1)C(=O)N[C@@H](Cc1ccccc1)C(=O)O. The molecule has 5 N–H and O–H groups in total. The summed E-state index contributed by atoms with van der Waals surface area (Å²) in [6.07, 6.45) is -1.33. The lowest BCUT2D eigenvalue weighted by molar-refractivity contribution is -0.142. The van der Waals surface area contributed by atoms with Crippen LogP contribution in [-0.4, -0.2) is 46.3 Å². The number of benzene rings is 2. The van der Waals surface area contributed by atoms with Crippen molar-refractivity contribution in [1.29, 1.82) is 0 Å². The van der Waals surface area contributed by atoms with Crippen molar-refractivity contribution in [3.63, 3.8) is 0 Å². The maximum atomic E-state index is 12.9. The molecule has 0 saturated carbocycles. The maximum absolute atomic E-state index is 12.9. The van der Waals surface area contributed by atoms with E-state index in [0.29, 0.717) is 0 Å². The largest absolute Gasteiger partial charge is 0.480 e. The second-order valence-corrected chi connectivity index (χ2v) is 10.5. The van der Waals surface area contributed by atoms with E-state index in [-0.39, 0.29) is 25.4 Å². The molecule has 0 saturated heterocycles. The highest BCUT2D eigenvalue weighted by Crippen LogP contribution is 2.35. The lowest BCUT2D eigenvalue weighted by atomic mass is 10.0. The summed E-state index contributed by atoms with van der Waals surface area (Å²) in [5, 5.41) is 16.6. The van der Waals surface area contributed by atoms with Gasteiger partial charge in [0.25, 0.3) is 7.52 Å². The molecule has 2 amide bonds. The van der Waals surface area contributed by atoms with Crippen LogP contribution in [0.1, 0.15) is 31.4 Å². The molecule has 2 aromatic rings. The first-order chi connectivity index (χ1) is 16.6. The Morgan fingerprint density at radius 3 is 2.06 bits per heavy atom. The van der Waals surface area contributed by atoms with E-state index in [2.05, 4.69) is 15.7 Å². The van der Waals surface area contributed by atoms with Crippen molar-refractivity contribution in [3.8, 4) is 0 Å². The number of rotatable bonds is 13. The van der Waals surface area contributed by atoms with Gasteiger partial charge in [0, 0.05) is 6.42 Å². The summed E-state index contributed by atoms with van der Waals surface area (Å²) in [6, 6.07) is 15.4. The molecule has 0 fully saturated rings. The number of alkyl carbamates (subject to hydrolysis) is 1. The average molecular weight is 506 g/mol. The number of ether oxygens (including phenoxy) is 1. The fourth-order valence-electron chi connectivity index (χ4n) is 3.25. The van der Waals surface area contributed by atoms with Gasteiger partial charge in [-0.2, -0.15) is 0 Å². The van der Waals surface area contributed by atoms with Gasteiger partial charge in [0.15, 0.2) is 0 Å². The molecule has 2 rings (SSSR count). The Bertz CT molecular complexity index is 1020. The summed E-state index contributed by atoms with van der Waals surface area (Å²) < 4.78 is 17.7. The molecule has 2 aromatic carbocycles. The van der Waals surface area contributed by atoms with Crippen molar-refractivity contribution >= 4 is 25.5 Å². The summed E-state index contributed by atoms with van der Waals surface area (Å²) >= 11 is 0. The van der Waals surface area contributed by atoms with Gasteiger partial charge in [0.05, 0.1) is 6.04 Å². The van der Waals surface area contributed by atoms with E-state index in [1.54, 1.807) is 54.6 Å². The van der Waals surface area contributed by atoms with Gasteiger partial charge < -0.3 is 25.4 Å². The van der Waals surface area contributed by atoms with Gasteiger partial charge in [-0.25, -0.2) is 14.7 Å². The van der Waals surface area contributed by atoms with Crippen LogP contribution in [0.2, 0.25) is 0 Å². The molecule has 35 heavy (non-hydrogen) atoms. The molecule has 0 spiro atoms. The summed E-state index contributed by atoms with van der Waals surface area (Å²) in [5.41, 5.74) is 1.48. The second-order valence-electron chi connectivity index (χ2n) is 8.50. The zero-order valence-corrected chi connectivity index (χ0v) is 20.6. The number of carbonyl (C=O) groups excluding carboxylic acids is 2. The molecule has 190 valence electrons. The smallest absolute Gasteiger partial charge is 0.407 e. The lowest BCUT2D eigenvalue weighted by Crippen LogP contribution is -2.51. The minimum atomic E-state index is -4.21. The fraction of sp³-hybridized carbons (Fsp3) is 0.375. The summed E-state index contributed by atoms with van der Waals surface area (Å²) in [7, 11) is -4.21. The number of amides is 2. The van der Waals surface area contributed by atoms with Crippen LogP contribution in [0.3, 0.4) is 0 Å². The van der Waals surface area contributed by atoms with E-state index in [1.165, 1.54) is 0 Å². The highest BCUT2D eigenvalue weighted by atomic mass is 31.2. The molecule has 11 heteroatoms. The molecule has 3 atom stereocenters. The molecule has 0 heterocycles. The van der Waals surface area contributed by atoms with Crippen molar-refractivity contribution in [2.24, 2.45) is 5.92 Å². The minimum Gasteiger partial charge on any atom is -0.480 e. The van der Waals surface area contributed by atoms with Crippen molar-refractivity contribution < 1.29 is 33.7 Å². The molecule has 0 bridgehead atoms. The molecule has 10 nitrogen and oxygen atoms in total. The van der Waals surface area contributed by atoms with Crippen LogP contribution in [0.25, 0.3) is 0 Å². The van der Waals surface area contributed by atoms with E-state index < -0.39 is 43.9 Å². The Kier molecular flexibility index (Phi) is 10.9. The van der Waals surface area contributed by atoms with Gasteiger partial charge in [0.1, 0.15) is 18.9 Å². The Balaban J connectivity index is 1.96. The van der Waals surface area contributed by atoms with Crippen molar-refractivity contribution in [2.45, 2.75) is 45.4 Å². The first-order valence-electron chi connectivity index (χ1n) is 11.2. The van der Waals surface area contributed by atoms with Gasteiger partial charge in [-0.3, -0.25) is 9.36 Å². The lowest BCUT2D eigenvalue weighted by Gasteiger charge is -2.25. The number of hydrogen-bond acceptors (Lipinski definition) is 5. The molecule has 0 aliphatic rings. The normalized spacial score (nSPS) is 14.4. The quantitative estimate of drug-likeness (QED) is 0.260. The summed E-state index contributed by atoms with van der Waals surface area (Å²) in [4.78, 5) is 46.8. The fourth-order valence-corrected chi connectivity index (χ4v) is 4.39. The van der Waals surface area contributed by atoms with Gasteiger partial charge in [-0.15, -0.1) is 0 Å². The van der Waals surface area contributed by atoms with Crippen LogP contribution < -0.4 is 15.7 Å². The average Bonchev–Trinajstić information content (AvgIpc) is 2.81. The Hall–Kier alpha value is -3.20. The molecule has 0 aromatic heterocycles. The first-order valence-corrected chi connectivity index (χ1v) is 13.0. The van der Waals surface area contributed by atoms with Crippen LogP contribution in [-0.2, 0) is 31.9 Å². The number of carboxylic acids is 1. The van der Waals surface area contributed by atoms with Gasteiger partial charge in [-0.1, -0.05) is 74.5 Å². The summed E-state index contributed by atoms with van der Waals surface area (Å²) in [6.45, 7) is 3.64. The van der Waals surface area contributed by atoms with Crippen molar-refractivity contribution in [2.75, 3.05) is 6.29 Å². The minimum absolute atomic E-state index is 0.00773. The number of carbonyl (C=O) groups is 3. The Morgan fingerprint density at radius 1 is 0.943 bits per heavy atom. The monoisotopic (exact) mass is 505 g/mol. The molecule has 0 aliphatic heterocycles.